The van der Waals surface area contributed by atoms with Crippen LogP contribution in [0.25, 0.3) is 22.6 Å². The third-order valence-electron chi connectivity index (χ3n) is 5.17. The minimum Gasteiger partial charge on any atom is -0.349 e. The Hall–Kier alpha value is -2.46. The van der Waals surface area contributed by atoms with Crippen molar-refractivity contribution in [3.8, 4) is 0 Å². The van der Waals surface area contributed by atoms with E-state index in [1.54, 1.807) is 11.3 Å². The molecule has 2 aliphatic rings. The molecule has 0 aliphatic heterocycles. The summed E-state index contributed by atoms with van der Waals surface area (Å²) >= 11 is 1.74. The summed E-state index contributed by atoms with van der Waals surface area (Å²) in [5.74, 6) is 0.0692. The third kappa shape index (κ3) is 2.84. The number of amides is 1. The van der Waals surface area contributed by atoms with Gasteiger partial charge in [-0.2, -0.15) is 0 Å². The normalized spacial score (nSPS) is 18.1. The van der Waals surface area contributed by atoms with Gasteiger partial charge in [0.05, 0.1) is 16.8 Å². The summed E-state index contributed by atoms with van der Waals surface area (Å²) in [6.45, 7) is 0. The molecule has 1 saturated carbocycles. The molecule has 26 heavy (non-hydrogen) atoms. The van der Waals surface area contributed by atoms with Crippen LogP contribution in [0.2, 0.25) is 0 Å². The maximum Gasteiger partial charge on any atom is 0.252 e. The van der Waals surface area contributed by atoms with Gasteiger partial charge in [0, 0.05) is 16.3 Å². The molecule has 1 fully saturated rings. The fraction of sp³-hybridized carbons (Fsp3) is 0.273. The van der Waals surface area contributed by atoms with Gasteiger partial charge in [-0.3, -0.25) is 4.79 Å². The van der Waals surface area contributed by atoms with Gasteiger partial charge in [0.15, 0.2) is 0 Å². The zero-order valence-corrected chi connectivity index (χ0v) is 15.3. The lowest BCUT2D eigenvalue weighted by molar-refractivity contribution is 0.0951. The maximum absolute atomic E-state index is 13.0. The van der Waals surface area contributed by atoms with E-state index < -0.39 is 0 Å². The zero-order valence-electron chi connectivity index (χ0n) is 14.5. The Morgan fingerprint density at radius 3 is 2.85 bits per heavy atom. The smallest absolute Gasteiger partial charge is 0.252 e. The van der Waals surface area contributed by atoms with Gasteiger partial charge in [0.2, 0.25) is 0 Å². The molecule has 130 valence electrons. The molecule has 1 aromatic carbocycles. The first kappa shape index (κ1) is 15.8. The van der Waals surface area contributed by atoms with Crippen LogP contribution in [0, 0.1) is 0 Å². The molecule has 0 saturated heterocycles. The lowest BCUT2D eigenvalue weighted by Crippen LogP contribution is -2.28. The maximum atomic E-state index is 13.0. The highest BCUT2D eigenvalue weighted by atomic mass is 32.1. The van der Waals surface area contributed by atoms with Crippen LogP contribution in [-0.2, 0) is 6.42 Å². The average molecular weight is 360 g/mol. The molecule has 5 rings (SSSR count). The number of nitrogens with zero attached hydrogens (tertiary/aromatic N) is 1. The van der Waals surface area contributed by atoms with Crippen molar-refractivity contribution in [3.63, 3.8) is 0 Å². The van der Waals surface area contributed by atoms with Crippen LogP contribution >= 0.6 is 11.3 Å². The van der Waals surface area contributed by atoms with E-state index in [4.69, 9.17) is 4.98 Å². The Kier molecular flexibility index (Phi) is 3.86. The molecule has 2 aliphatic carbocycles. The van der Waals surface area contributed by atoms with Crippen molar-refractivity contribution in [2.45, 2.75) is 38.1 Å². The predicted molar refractivity (Wildman–Crippen MR) is 107 cm³/mol. The summed E-state index contributed by atoms with van der Waals surface area (Å²) in [5, 5.41) is 6.26. The van der Waals surface area contributed by atoms with Crippen LogP contribution in [-0.4, -0.2) is 16.9 Å². The number of nitrogens with one attached hydrogen (secondary N) is 1. The van der Waals surface area contributed by atoms with Crippen LogP contribution in [0.15, 0.2) is 41.8 Å². The van der Waals surface area contributed by atoms with E-state index in [1.165, 1.54) is 10.5 Å². The number of carbonyl (C=O) groups excluding carboxylic acids is 1. The molecule has 0 spiro atoms. The summed E-state index contributed by atoms with van der Waals surface area (Å²) in [5.41, 5.74) is 5.14. The number of para-hydroxylation sites is 1. The highest BCUT2D eigenvalue weighted by Crippen LogP contribution is 2.36. The largest absolute Gasteiger partial charge is 0.349 e. The number of carbonyl (C=O) groups is 1. The molecule has 2 heterocycles. The quantitative estimate of drug-likeness (QED) is 0.709. The Bertz CT molecular complexity index is 1020. The number of benzene rings is 1. The zero-order chi connectivity index (χ0) is 17.5. The number of fused-ring (bicyclic) bond motifs is 2. The van der Waals surface area contributed by atoms with E-state index in [-0.39, 0.29) is 5.91 Å². The van der Waals surface area contributed by atoms with Crippen LogP contribution < -0.4 is 5.32 Å². The van der Waals surface area contributed by atoms with Crippen LogP contribution in [0.5, 0.6) is 0 Å². The molecule has 1 amide bonds. The number of hydrogen-bond acceptors (Lipinski definition) is 3. The van der Waals surface area contributed by atoms with Gasteiger partial charge >= 0.3 is 0 Å². The van der Waals surface area contributed by atoms with Gasteiger partial charge in [-0.1, -0.05) is 24.3 Å². The first-order valence-corrected chi connectivity index (χ1v) is 10.1. The summed E-state index contributed by atoms with van der Waals surface area (Å²) in [7, 11) is 0. The molecule has 2 aromatic heterocycles. The van der Waals surface area contributed by atoms with Crippen molar-refractivity contribution in [2.75, 3.05) is 0 Å². The second-order valence-corrected chi connectivity index (χ2v) is 8.10. The van der Waals surface area contributed by atoms with E-state index in [1.807, 2.05) is 24.3 Å². The fourth-order valence-corrected chi connectivity index (χ4v) is 4.45. The third-order valence-corrected chi connectivity index (χ3v) is 5.99. The van der Waals surface area contributed by atoms with Crippen LogP contribution in [0.3, 0.4) is 0 Å². The van der Waals surface area contributed by atoms with E-state index in [0.717, 1.165) is 59.8 Å². The van der Waals surface area contributed by atoms with Gasteiger partial charge in [0.25, 0.3) is 5.91 Å². The fourth-order valence-electron chi connectivity index (χ4n) is 3.76. The van der Waals surface area contributed by atoms with Gasteiger partial charge < -0.3 is 5.32 Å². The molecule has 4 heteroatoms. The number of pyridine rings is 1. The highest BCUT2D eigenvalue weighted by Gasteiger charge is 2.29. The summed E-state index contributed by atoms with van der Waals surface area (Å²) in [6, 6.07) is 12.6. The molecular weight excluding hydrogens is 340 g/mol. The summed E-state index contributed by atoms with van der Waals surface area (Å²) < 4.78 is 0. The van der Waals surface area contributed by atoms with Gasteiger partial charge in [-0.05, 0) is 66.8 Å². The van der Waals surface area contributed by atoms with E-state index in [9.17, 15) is 4.79 Å². The molecule has 0 bridgehead atoms. The van der Waals surface area contributed by atoms with Crippen molar-refractivity contribution < 1.29 is 4.79 Å². The number of rotatable bonds is 3. The Labute approximate surface area is 156 Å². The monoisotopic (exact) mass is 360 g/mol. The van der Waals surface area contributed by atoms with Gasteiger partial charge in [-0.25, -0.2) is 4.98 Å². The molecule has 0 atom stereocenters. The highest BCUT2D eigenvalue weighted by molar-refractivity contribution is 7.10. The van der Waals surface area contributed by atoms with E-state index >= 15 is 0 Å². The topological polar surface area (TPSA) is 42.0 Å². The first-order valence-electron chi connectivity index (χ1n) is 9.26. The minimum absolute atomic E-state index is 0.0692. The number of allylic oxidation sites excluding steroid dienone is 1. The lowest BCUT2D eigenvalue weighted by Gasteiger charge is -2.22. The van der Waals surface area contributed by atoms with Crippen molar-refractivity contribution in [1.82, 2.24) is 10.3 Å². The lowest BCUT2D eigenvalue weighted by atomic mass is 9.86. The molecule has 3 aromatic rings. The van der Waals surface area contributed by atoms with Crippen molar-refractivity contribution in [2.24, 2.45) is 0 Å². The van der Waals surface area contributed by atoms with E-state index in [2.05, 4.69) is 28.9 Å². The Morgan fingerprint density at radius 1 is 1.15 bits per heavy atom. The molecule has 0 radical (unpaired) electrons. The number of thiophene rings is 1. The van der Waals surface area contributed by atoms with Crippen LogP contribution in [0.4, 0.5) is 0 Å². The first-order chi connectivity index (χ1) is 12.8. The molecule has 3 nitrogen and oxygen atoms in total. The molecular formula is C22H20N2OS. The second kappa shape index (κ2) is 6.36. The summed E-state index contributed by atoms with van der Waals surface area (Å²) in [6.07, 6.45) is 7.43. The second-order valence-electron chi connectivity index (χ2n) is 7.12. The SMILES string of the molecule is O=C(NC1CC1)c1c2c(nc3ccccc13)/C(=C/c1cccs1)CCC2. The minimum atomic E-state index is 0.0692. The van der Waals surface area contributed by atoms with Crippen molar-refractivity contribution in [1.29, 1.82) is 0 Å². The molecule has 1 N–H and O–H groups in total. The van der Waals surface area contributed by atoms with Crippen LogP contribution in [0.1, 0.15) is 52.2 Å². The average Bonchev–Trinajstić information content (AvgIpc) is 3.32. The van der Waals surface area contributed by atoms with Crippen molar-refractivity contribution in [3.05, 3.63) is 63.5 Å². The van der Waals surface area contributed by atoms with Gasteiger partial charge in [-0.15, -0.1) is 11.3 Å². The number of hydrogen-bond donors (Lipinski definition) is 1. The molecule has 0 unspecified atom stereocenters. The number of aromatic nitrogens is 1. The van der Waals surface area contributed by atoms with Crippen molar-refractivity contribution >= 4 is 39.8 Å². The van der Waals surface area contributed by atoms with Gasteiger partial charge in [0.1, 0.15) is 0 Å². The Morgan fingerprint density at radius 2 is 2.04 bits per heavy atom. The summed E-state index contributed by atoms with van der Waals surface area (Å²) in [4.78, 5) is 19.3. The predicted octanol–water partition coefficient (Wildman–Crippen LogP) is 5.07. The standard InChI is InChI=1S/C22H20N2OS/c25-22(23-15-10-11-15)20-17-7-1-2-9-19(17)24-21-14(5-3-8-18(20)21)13-16-6-4-12-26-16/h1-2,4,6-7,9,12-13,15H,3,5,8,10-11H2,(H,23,25)/b14-13+. The van der Waals surface area contributed by atoms with E-state index in [0.29, 0.717) is 6.04 Å². The Balaban J connectivity index is 1.71.